The van der Waals surface area contributed by atoms with Crippen LogP contribution in [0.4, 0.5) is 4.39 Å². The summed E-state index contributed by atoms with van der Waals surface area (Å²) in [6, 6.07) is 9.68. The third-order valence-corrected chi connectivity index (χ3v) is 5.23. The molecule has 0 saturated heterocycles. The van der Waals surface area contributed by atoms with Crippen molar-refractivity contribution < 1.29 is 18.7 Å². The topological polar surface area (TPSA) is 61.2 Å². The van der Waals surface area contributed by atoms with E-state index in [4.69, 9.17) is 4.74 Å². The molecule has 1 aromatic heterocycles. The van der Waals surface area contributed by atoms with Gasteiger partial charge >= 0.3 is 0 Å². The molecule has 0 amide bonds. The molecule has 1 aliphatic rings. The Kier molecular flexibility index (Phi) is 5.01. The second-order valence-corrected chi connectivity index (χ2v) is 7.26. The standard InChI is InChI=1S/C23H21FN2O3/c1-3-21(27)19-10-16(22(28)8-14-11-25-26(2)12-14)9-18-20(13-29-23(18)19)15-4-6-17(24)7-5-15/h4-7,9-12,20H,3,8,13H2,1-2H3/t20-/m1/s1. The lowest BCUT2D eigenvalue weighted by Crippen LogP contribution is -2.08. The first kappa shape index (κ1) is 19.1. The van der Waals surface area contributed by atoms with E-state index in [1.807, 2.05) is 6.07 Å². The van der Waals surface area contributed by atoms with Crippen molar-refractivity contribution in [3.63, 3.8) is 0 Å². The van der Waals surface area contributed by atoms with Crippen LogP contribution in [-0.2, 0) is 13.5 Å². The van der Waals surface area contributed by atoms with Gasteiger partial charge in [-0.25, -0.2) is 4.39 Å². The van der Waals surface area contributed by atoms with Crippen LogP contribution < -0.4 is 4.74 Å². The summed E-state index contributed by atoms with van der Waals surface area (Å²) in [6.45, 7) is 2.14. The highest BCUT2D eigenvalue weighted by molar-refractivity contribution is 6.04. The van der Waals surface area contributed by atoms with Crippen LogP contribution in [0.5, 0.6) is 5.75 Å². The Morgan fingerprint density at radius 2 is 1.97 bits per heavy atom. The Morgan fingerprint density at radius 1 is 1.21 bits per heavy atom. The summed E-state index contributed by atoms with van der Waals surface area (Å²) in [5, 5.41) is 4.10. The fourth-order valence-electron chi connectivity index (χ4n) is 3.71. The Hall–Kier alpha value is -3.28. The van der Waals surface area contributed by atoms with Gasteiger partial charge in [0.1, 0.15) is 11.6 Å². The second-order valence-electron chi connectivity index (χ2n) is 7.26. The molecule has 0 bridgehead atoms. The van der Waals surface area contributed by atoms with E-state index in [-0.39, 0.29) is 29.7 Å². The zero-order valence-corrected chi connectivity index (χ0v) is 16.3. The van der Waals surface area contributed by atoms with E-state index in [1.165, 1.54) is 12.1 Å². The lowest BCUT2D eigenvalue weighted by atomic mass is 9.88. The first-order chi connectivity index (χ1) is 14.0. The predicted octanol–water partition coefficient (Wildman–Crippen LogP) is 4.10. The molecule has 0 unspecified atom stereocenters. The van der Waals surface area contributed by atoms with Gasteiger partial charge in [0.25, 0.3) is 0 Å². The van der Waals surface area contributed by atoms with Gasteiger partial charge in [0.2, 0.25) is 0 Å². The highest BCUT2D eigenvalue weighted by Crippen LogP contribution is 2.42. The summed E-state index contributed by atoms with van der Waals surface area (Å²) in [7, 11) is 1.80. The average Bonchev–Trinajstić information content (AvgIpc) is 3.33. The van der Waals surface area contributed by atoms with Gasteiger partial charge in [-0.05, 0) is 35.4 Å². The van der Waals surface area contributed by atoms with Crippen molar-refractivity contribution in [1.82, 2.24) is 9.78 Å². The number of aromatic nitrogens is 2. The van der Waals surface area contributed by atoms with E-state index in [0.717, 1.165) is 16.7 Å². The molecular formula is C23H21FN2O3. The lowest BCUT2D eigenvalue weighted by molar-refractivity contribution is 0.0985. The summed E-state index contributed by atoms with van der Waals surface area (Å²) < 4.78 is 20.9. The summed E-state index contributed by atoms with van der Waals surface area (Å²) in [4.78, 5) is 25.5. The molecule has 0 saturated carbocycles. The molecule has 3 aromatic rings. The molecule has 6 heteroatoms. The molecule has 5 nitrogen and oxygen atoms in total. The van der Waals surface area contributed by atoms with Crippen LogP contribution >= 0.6 is 0 Å². The Labute approximate surface area is 168 Å². The number of ketones is 2. The number of hydrogen-bond donors (Lipinski definition) is 0. The molecule has 2 aromatic carbocycles. The Balaban J connectivity index is 1.75. The summed E-state index contributed by atoms with van der Waals surface area (Å²) in [5.74, 6) is -0.0906. The largest absolute Gasteiger partial charge is 0.492 e. The predicted molar refractivity (Wildman–Crippen MR) is 106 cm³/mol. The van der Waals surface area contributed by atoms with Gasteiger partial charge in [0.05, 0.1) is 18.4 Å². The highest BCUT2D eigenvalue weighted by Gasteiger charge is 2.31. The smallest absolute Gasteiger partial charge is 0.167 e. The zero-order valence-electron chi connectivity index (χ0n) is 16.3. The van der Waals surface area contributed by atoms with Crippen LogP contribution in [0, 0.1) is 5.82 Å². The molecular weight excluding hydrogens is 371 g/mol. The first-order valence-electron chi connectivity index (χ1n) is 9.56. The quantitative estimate of drug-likeness (QED) is 0.593. The third kappa shape index (κ3) is 3.70. The van der Waals surface area contributed by atoms with Crippen LogP contribution in [0.15, 0.2) is 48.8 Å². The molecule has 1 atom stereocenters. The summed E-state index contributed by atoms with van der Waals surface area (Å²) in [5.41, 5.74) is 3.40. The van der Waals surface area contributed by atoms with Crippen molar-refractivity contribution in [2.75, 3.05) is 6.61 Å². The maximum atomic E-state index is 13.3. The number of carbonyl (C=O) groups is 2. The van der Waals surface area contributed by atoms with Crippen molar-refractivity contribution in [3.8, 4) is 5.75 Å². The van der Waals surface area contributed by atoms with Gasteiger partial charge in [-0.1, -0.05) is 19.1 Å². The number of fused-ring (bicyclic) bond motifs is 1. The van der Waals surface area contributed by atoms with E-state index >= 15 is 0 Å². The van der Waals surface area contributed by atoms with E-state index < -0.39 is 0 Å². The second kappa shape index (κ2) is 7.62. The number of benzene rings is 2. The molecule has 0 N–H and O–H groups in total. The van der Waals surface area contributed by atoms with Gasteiger partial charge in [0, 0.05) is 43.1 Å². The summed E-state index contributed by atoms with van der Waals surface area (Å²) in [6.07, 6.45) is 3.98. The lowest BCUT2D eigenvalue weighted by Gasteiger charge is -2.12. The number of Topliss-reactive ketones (excluding diaryl/α,β-unsaturated/α-hetero) is 2. The van der Waals surface area contributed by atoms with E-state index in [2.05, 4.69) is 5.10 Å². The van der Waals surface area contributed by atoms with Crippen molar-refractivity contribution in [1.29, 1.82) is 0 Å². The summed E-state index contributed by atoms with van der Waals surface area (Å²) >= 11 is 0. The maximum Gasteiger partial charge on any atom is 0.167 e. The van der Waals surface area contributed by atoms with Gasteiger partial charge in [-0.3, -0.25) is 14.3 Å². The third-order valence-electron chi connectivity index (χ3n) is 5.23. The average molecular weight is 392 g/mol. The minimum atomic E-state index is -0.310. The first-order valence-corrected chi connectivity index (χ1v) is 9.56. The minimum Gasteiger partial charge on any atom is -0.492 e. The molecule has 148 valence electrons. The van der Waals surface area contributed by atoms with E-state index in [9.17, 15) is 14.0 Å². The molecule has 29 heavy (non-hydrogen) atoms. The van der Waals surface area contributed by atoms with Gasteiger partial charge in [0.15, 0.2) is 11.6 Å². The molecule has 0 radical (unpaired) electrons. The SMILES string of the molecule is CCC(=O)c1cc(C(=O)Cc2cnn(C)c2)cc2c1OC[C@@H]2c1ccc(F)cc1. The fraction of sp³-hybridized carbons (Fsp3) is 0.261. The highest BCUT2D eigenvalue weighted by atomic mass is 19.1. The molecule has 4 rings (SSSR count). The Bertz CT molecular complexity index is 1090. The molecule has 0 fully saturated rings. The van der Waals surface area contributed by atoms with Crippen molar-refractivity contribution in [2.45, 2.75) is 25.7 Å². The number of rotatable bonds is 6. The number of halogens is 1. The van der Waals surface area contributed by atoms with Gasteiger partial charge < -0.3 is 4.74 Å². The van der Waals surface area contributed by atoms with Gasteiger partial charge in [-0.15, -0.1) is 0 Å². The number of carbonyl (C=O) groups excluding carboxylic acids is 2. The van der Waals surface area contributed by atoms with Crippen LogP contribution in [0.2, 0.25) is 0 Å². The number of hydrogen-bond acceptors (Lipinski definition) is 4. The van der Waals surface area contributed by atoms with Crippen molar-refractivity contribution >= 4 is 11.6 Å². The Morgan fingerprint density at radius 3 is 2.62 bits per heavy atom. The van der Waals surface area contributed by atoms with Crippen molar-refractivity contribution in [3.05, 3.63) is 82.4 Å². The number of ether oxygens (including phenoxy) is 1. The molecule has 1 aliphatic heterocycles. The normalized spacial score (nSPS) is 15.1. The van der Waals surface area contributed by atoms with Crippen LogP contribution in [0.1, 0.15) is 56.7 Å². The van der Waals surface area contributed by atoms with Crippen LogP contribution in [-0.4, -0.2) is 28.0 Å². The number of aryl methyl sites for hydroxylation is 1. The zero-order chi connectivity index (χ0) is 20.5. The van der Waals surface area contributed by atoms with Crippen LogP contribution in [0.25, 0.3) is 0 Å². The number of nitrogens with zero attached hydrogens (tertiary/aromatic N) is 2. The molecule has 2 heterocycles. The minimum absolute atomic E-state index is 0.0722. The molecule has 0 aliphatic carbocycles. The van der Waals surface area contributed by atoms with E-state index in [0.29, 0.717) is 29.9 Å². The van der Waals surface area contributed by atoms with Gasteiger partial charge in [-0.2, -0.15) is 5.10 Å². The van der Waals surface area contributed by atoms with Crippen LogP contribution in [0.3, 0.4) is 0 Å². The monoisotopic (exact) mass is 392 g/mol. The molecule has 0 spiro atoms. The maximum absolute atomic E-state index is 13.3. The fourth-order valence-corrected chi connectivity index (χ4v) is 3.71. The van der Waals surface area contributed by atoms with E-state index in [1.54, 1.807) is 49.2 Å². The van der Waals surface area contributed by atoms with Crippen molar-refractivity contribution in [2.24, 2.45) is 7.05 Å².